The van der Waals surface area contributed by atoms with E-state index in [2.05, 4.69) is 19.2 Å². The van der Waals surface area contributed by atoms with Gasteiger partial charge in [0.1, 0.15) is 11.6 Å². The molecule has 1 saturated carbocycles. The number of nitrogens with one attached hydrogen (secondary N) is 1. The molecule has 0 heterocycles. The fourth-order valence-electron chi connectivity index (χ4n) is 3.04. The predicted octanol–water partition coefficient (Wildman–Crippen LogP) is 3.45. The van der Waals surface area contributed by atoms with E-state index < -0.39 is 29.6 Å². The molecule has 4 nitrogen and oxygen atoms in total. The van der Waals surface area contributed by atoms with Gasteiger partial charge in [0, 0.05) is 12.1 Å². The van der Waals surface area contributed by atoms with Gasteiger partial charge in [0.2, 0.25) is 0 Å². The number of benzene rings is 1. The van der Waals surface area contributed by atoms with Gasteiger partial charge in [0.05, 0.1) is 5.56 Å². The van der Waals surface area contributed by atoms with Crippen LogP contribution in [0.4, 0.5) is 8.78 Å². The Balaban J connectivity index is 1.94. The molecule has 132 valence electrons. The summed E-state index contributed by atoms with van der Waals surface area (Å²) in [5.41, 5.74) is -0.258. The highest BCUT2D eigenvalue weighted by Crippen LogP contribution is 2.29. The molecular formula is C18H23F2NO3. The third-order valence-electron chi connectivity index (χ3n) is 4.79. The highest BCUT2D eigenvalue weighted by Gasteiger charge is 2.30. The lowest BCUT2D eigenvalue weighted by molar-refractivity contribution is -0.130. The quantitative estimate of drug-likeness (QED) is 0.855. The maximum Gasteiger partial charge on any atom is 0.339 e. The van der Waals surface area contributed by atoms with Crippen LogP contribution in [0, 0.1) is 23.5 Å². The highest BCUT2D eigenvalue weighted by molar-refractivity contribution is 5.92. The molecule has 4 atom stereocenters. The minimum absolute atomic E-state index is 0.0500. The zero-order chi connectivity index (χ0) is 17.9. The molecule has 1 fully saturated rings. The predicted molar refractivity (Wildman–Crippen MR) is 85.3 cm³/mol. The second-order valence-corrected chi connectivity index (χ2v) is 6.59. The summed E-state index contributed by atoms with van der Waals surface area (Å²) in [6, 6.07) is 2.47. The van der Waals surface area contributed by atoms with Crippen LogP contribution in [0.5, 0.6) is 0 Å². The van der Waals surface area contributed by atoms with Crippen LogP contribution < -0.4 is 5.32 Å². The van der Waals surface area contributed by atoms with Crippen molar-refractivity contribution in [1.29, 1.82) is 0 Å². The Morgan fingerprint density at radius 2 is 1.79 bits per heavy atom. The van der Waals surface area contributed by atoms with E-state index in [0.29, 0.717) is 17.9 Å². The number of ether oxygens (including phenoxy) is 1. The van der Waals surface area contributed by atoms with Crippen molar-refractivity contribution in [3.63, 3.8) is 0 Å². The molecule has 1 aliphatic carbocycles. The SMILES string of the molecule is C[C@@H]1[C@H](C)CCC[C@H]1NC(=O)[C@@H](C)OC(=O)c1cc(F)cc(F)c1. The number of esters is 1. The topological polar surface area (TPSA) is 55.4 Å². The third-order valence-corrected chi connectivity index (χ3v) is 4.79. The lowest BCUT2D eigenvalue weighted by atomic mass is 9.78. The lowest BCUT2D eigenvalue weighted by Crippen LogP contribution is -2.47. The average molecular weight is 339 g/mol. The monoisotopic (exact) mass is 339 g/mol. The maximum absolute atomic E-state index is 13.1. The molecule has 1 aliphatic rings. The summed E-state index contributed by atoms with van der Waals surface area (Å²) in [6.45, 7) is 5.70. The number of halogens is 2. The summed E-state index contributed by atoms with van der Waals surface area (Å²) in [6.07, 6.45) is 2.05. The summed E-state index contributed by atoms with van der Waals surface area (Å²) in [5.74, 6) is -2.19. The van der Waals surface area contributed by atoms with Gasteiger partial charge < -0.3 is 10.1 Å². The summed E-state index contributed by atoms with van der Waals surface area (Å²) in [4.78, 5) is 24.2. The number of hydrogen-bond acceptors (Lipinski definition) is 3. The van der Waals surface area contributed by atoms with Crippen molar-refractivity contribution in [3.8, 4) is 0 Å². The van der Waals surface area contributed by atoms with Crippen molar-refractivity contribution in [2.75, 3.05) is 0 Å². The first-order chi connectivity index (χ1) is 11.3. The van der Waals surface area contributed by atoms with Gasteiger partial charge in [-0.1, -0.05) is 26.7 Å². The van der Waals surface area contributed by atoms with Crippen LogP contribution >= 0.6 is 0 Å². The molecule has 0 spiro atoms. The highest BCUT2D eigenvalue weighted by atomic mass is 19.1. The minimum atomic E-state index is -1.03. The van der Waals surface area contributed by atoms with Crippen molar-refractivity contribution >= 4 is 11.9 Å². The van der Waals surface area contributed by atoms with E-state index in [0.717, 1.165) is 31.4 Å². The molecule has 0 aromatic heterocycles. The fraction of sp³-hybridized carbons (Fsp3) is 0.556. The van der Waals surface area contributed by atoms with E-state index in [1.54, 1.807) is 0 Å². The Morgan fingerprint density at radius 1 is 1.17 bits per heavy atom. The van der Waals surface area contributed by atoms with Crippen LogP contribution in [-0.4, -0.2) is 24.0 Å². The van der Waals surface area contributed by atoms with Gasteiger partial charge in [0.25, 0.3) is 5.91 Å². The zero-order valence-corrected chi connectivity index (χ0v) is 14.1. The van der Waals surface area contributed by atoms with E-state index in [1.165, 1.54) is 6.92 Å². The van der Waals surface area contributed by atoms with Gasteiger partial charge in [-0.05, 0) is 37.3 Å². The van der Waals surface area contributed by atoms with Crippen LogP contribution in [-0.2, 0) is 9.53 Å². The van der Waals surface area contributed by atoms with E-state index in [4.69, 9.17) is 4.74 Å². The molecule has 0 unspecified atom stereocenters. The van der Waals surface area contributed by atoms with Gasteiger partial charge >= 0.3 is 5.97 Å². The van der Waals surface area contributed by atoms with Crippen molar-refractivity contribution in [2.45, 2.75) is 52.2 Å². The summed E-state index contributed by atoms with van der Waals surface area (Å²) >= 11 is 0. The molecule has 0 saturated heterocycles. The van der Waals surface area contributed by atoms with Crippen molar-refractivity contribution in [2.24, 2.45) is 11.8 Å². The van der Waals surface area contributed by atoms with Crippen LogP contribution in [0.3, 0.4) is 0 Å². The van der Waals surface area contributed by atoms with E-state index >= 15 is 0 Å². The molecule has 1 N–H and O–H groups in total. The standard InChI is InChI=1S/C18H23F2NO3/c1-10-5-4-6-16(11(10)2)21-17(22)12(3)24-18(23)13-7-14(19)9-15(20)8-13/h7-12,16H,4-6H2,1-3H3,(H,21,22)/t10-,11-,12-,16-/m1/s1. The molecule has 1 aromatic rings. The molecule has 1 aromatic carbocycles. The molecule has 6 heteroatoms. The van der Waals surface area contributed by atoms with Gasteiger partial charge in [-0.3, -0.25) is 4.79 Å². The lowest BCUT2D eigenvalue weighted by Gasteiger charge is -2.35. The van der Waals surface area contributed by atoms with Crippen LogP contribution in [0.1, 0.15) is 50.4 Å². The number of carbonyl (C=O) groups excluding carboxylic acids is 2. The normalized spacial score (nSPS) is 25.0. The first-order valence-electron chi connectivity index (χ1n) is 8.25. The Kier molecular flexibility index (Phi) is 5.91. The molecule has 0 aliphatic heterocycles. The number of rotatable bonds is 4. The first kappa shape index (κ1) is 18.4. The van der Waals surface area contributed by atoms with Crippen LogP contribution in [0.2, 0.25) is 0 Å². The molecule has 1 amide bonds. The first-order valence-corrected chi connectivity index (χ1v) is 8.25. The number of amides is 1. The Morgan fingerprint density at radius 3 is 2.42 bits per heavy atom. The van der Waals surface area contributed by atoms with E-state index in [-0.39, 0.29) is 11.6 Å². The van der Waals surface area contributed by atoms with E-state index in [9.17, 15) is 18.4 Å². The molecule has 0 radical (unpaired) electrons. The third kappa shape index (κ3) is 4.52. The summed E-state index contributed by atoms with van der Waals surface area (Å²) < 4.78 is 31.3. The summed E-state index contributed by atoms with van der Waals surface area (Å²) in [7, 11) is 0. The van der Waals surface area contributed by atoms with Crippen molar-refractivity contribution in [1.82, 2.24) is 5.32 Å². The second-order valence-electron chi connectivity index (χ2n) is 6.59. The van der Waals surface area contributed by atoms with Gasteiger partial charge in [-0.25, -0.2) is 13.6 Å². The molecule has 2 rings (SSSR count). The number of carbonyl (C=O) groups is 2. The fourth-order valence-corrected chi connectivity index (χ4v) is 3.04. The zero-order valence-electron chi connectivity index (χ0n) is 14.1. The van der Waals surface area contributed by atoms with Gasteiger partial charge in [-0.15, -0.1) is 0 Å². The second kappa shape index (κ2) is 7.73. The van der Waals surface area contributed by atoms with Crippen molar-refractivity contribution < 1.29 is 23.1 Å². The Bertz CT molecular complexity index is 600. The van der Waals surface area contributed by atoms with Crippen LogP contribution in [0.15, 0.2) is 18.2 Å². The van der Waals surface area contributed by atoms with Gasteiger partial charge in [0.15, 0.2) is 6.10 Å². The molecular weight excluding hydrogens is 316 g/mol. The van der Waals surface area contributed by atoms with Crippen LogP contribution in [0.25, 0.3) is 0 Å². The Hall–Kier alpha value is -1.98. The average Bonchev–Trinajstić information content (AvgIpc) is 2.50. The summed E-state index contributed by atoms with van der Waals surface area (Å²) in [5, 5.41) is 2.91. The van der Waals surface area contributed by atoms with Crippen molar-refractivity contribution in [3.05, 3.63) is 35.4 Å². The largest absolute Gasteiger partial charge is 0.449 e. The van der Waals surface area contributed by atoms with E-state index in [1.807, 2.05) is 0 Å². The Labute approximate surface area is 140 Å². The molecule has 0 bridgehead atoms. The smallest absolute Gasteiger partial charge is 0.339 e. The minimum Gasteiger partial charge on any atom is -0.449 e. The maximum atomic E-state index is 13.1. The van der Waals surface area contributed by atoms with Gasteiger partial charge in [-0.2, -0.15) is 0 Å². The molecule has 24 heavy (non-hydrogen) atoms. The number of hydrogen-bond donors (Lipinski definition) is 1.